The number of hydrazine groups is 1. The van der Waals surface area contributed by atoms with E-state index in [4.69, 9.17) is 0 Å². The second-order valence-electron chi connectivity index (χ2n) is 6.49. The SMILES string of the molecule is CC1(C)CN(C(CCCc2ccccc2Br)C(F)(F)F)NC1=O. The number of nitrogens with zero attached hydrogens (tertiary/aromatic N) is 1. The highest BCUT2D eigenvalue weighted by Crippen LogP contribution is 2.33. The van der Waals surface area contributed by atoms with Gasteiger partial charge in [0.1, 0.15) is 6.04 Å². The number of amides is 1. The summed E-state index contributed by atoms with van der Waals surface area (Å²) in [4.78, 5) is 11.8. The highest BCUT2D eigenvalue weighted by atomic mass is 79.9. The van der Waals surface area contributed by atoms with Crippen LogP contribution in [-0.4, -0.2) is 29.7 Å². The molecule has 23 heavy (non-hydrogen) atoms. The van der Waals surface area contributed by atoms with Gasteiger partial charge < -0.3 is 0 Å². The number of carbonyl (C=O) groups excluding carboxylic acids is 1. The zero-order valence-corrected chi connectivity index (χ0v) is 14.7. The molecule has 1 aromatic rings. The lowest BCUT2D eigenvalue weighted by atomic mass is 9.94. The zero-order valence-electron chi connectivity index (χ0n) is 13.1. The number of hydrogen-bond donors (Lipinski definition) is 1. The van der Waals surface area contributed by atoms with Crippen LogP contribution in [0.1, 0.15) is 32.3 Å². The van der Waals surface area contributed by atoms with Gasteiger partial charge in [0.15, 0.2) is 0 Å². The molecule has 0 saturated carbocycles. The van der Waals surface area contributed by atoms with E-state index in [-0.39, 0.29) is 18.9 Å². The summed E-state index contributed by atoms with van der Waals surface area (Å²) in [6.45, 7) is 3.36. The third-order valence-electron chi connectivity index (χ3n) is 4.06. The molecule has 1 atom stereocenters. The molecule has 1 unspecified atom stereocenters. The zero-order chi connectivity index (χ0) is 17.3. The fraction of sp³-hybridized carbons (Fsp3) is 0.562. The maximum absolute atomic E-state index is 13.4. The molecule has 1 N–H and O–H groups in total. The Morgan fingerprint density at radius 2 is 2.00 bits per heavy atom. The van der Waals surface area contributed by atoms with Crippen LogP contribution in [-0.2, 0) is 11.2 Å². The second-order valence-corrected chi connectivity index (χ2v) is 7.35. The number of hydrogen-bond acceptors (Lipinski definition) is 2. The summed E-state index contributed by atoms with van der Waals surface area (Å²) in [6.07, 6.45) is -3.48. The third-order valence-corrected chi connectivity index (χ3v) is 4.83. The smallest absolute Gasteiger partial charge is 0.288 e. The Morgan fingerprint density at radius 1 is 1.35 bits per heavy atom. The van der Waals surface area contributed by atoms with E-state index < -0.39 is 17.6 Å². The van der Waals surface area contributed by atoms with Crippen molar-refractivity contribution in [3.8, 4) is 0 Å². The van der Waals surface area contributed by atoms with E-state index in [1.54, 1.807) is 13.8 Å². The molecule has 0 spiro atoms. The first-order valence-corrected chi connectivity index (χ1v) is 8.28. The predicted octanol–water partition coefficient (Wildman–Crippen LogP) is 4.08. The molecule has 1 heterocycles. The van der Waals surface area contributed by atoms with Gasteiger partial charge >= 0.3 is 6.18 Å². The predicted molar refractivity (Wildman–Crippen MR) is 85.6 cm³/mol. The van der Waals surface area contributed by atoms with E-state index in [0.717, 1.165) is 15.0 Å². The van der Waals surface area contributed by atoms with Gasteiger partial charge in [0.25, 0.3) is 0 Å². The van der Waals surface area contributed by atoms with Crippen LogP contribution in [0.25, 0.3) is 0 Å². The lowest BCUT2D eigenvalue weighted by Crippen LogP contribution is -2.50. The van der Waals surface area contributed by atoms with Crippen molar-refractivity contribution in [2.24, 2.45) is 5.41 Å². The number of alkyl halides is 3. The van der Waals surface area contributed by atoms with Crippen molar-refractivity contribution < 1.29 is 18.0 Å². The Labute approximate surface area is 142 Å². The molecule has 1 aliphatic rings. The van der Waals surface area contributed by atoms with Gasteiger partial charge in [0.05, 0.1) is 5.41 Å². The van der Waals surface area contributed by atoms with Gasteiger partial charge in [-0.05, 0) is 44.7 Å². The lowest BCUT2D eigenvalue weighted by Gasteiger charge is -2.29. The molecule has 0 aliphatic carbocycles. The summed E-state index contributed by atoms with van der Waals surface area (Å²) in [5.41, 5.74) is 2.56. The van der Waals surface area contributed by atoms with Crippen molar-refractivity contribution in [1.82, 2.24) is 10.4 Å². The molecular weight excluding hydrogens is 373 g/mol. The van der Waals surface area contributed by atoms with Crippen molar-refractivity contribution in [3.63, 3.8) is 0 Å². The number of rotatable bonds is 5. The molecule has 3 nitrogen and oxygen atoms in total. The van der Waals surface area contributed by atoms with Crippen molar-refractivity contribution in [2.75, 3.05) is 6.54 Å². The lowest BCUT2D eigenvalue weighted by molar-refractivity contribution is -0.190. The molecule has 1 aliphatic heterocycles. The molecule has 1 aromatic carbocycles. The van der Waals surface area contributed by atoms with Gasteiger partial charge in [-0.1, -0.05) is 34.1 Å². The summed E-state index contributed by atoms with van der Waals surface area (Å²) in [5.74, 6) is -0.363. The van der Waals surface area contributed by atoms with Gasteiger partial charge in [-0.25, -0.2) is 5.01 Å². The van der Waals surface area contributed by atoms with Crippen LogP contribution in [0.5, 0.6) is 0 Å². The molecular formula is C16H20BrF3N2O. The average molecular weight is 393 g/mol. The minimum Gasteiger partial charge on any atom is -0.288 e. The van der Waals surface area contributed by atoms with Crippen molar-refractivity contribution in [2.45, 2.75) is 45.3 Å². The summed E-state index contributed by atoms with van der Waals surface area (Å²) in [5, 5.41) is 1.04. The van der Waals surface area contributed by atoms with Crippen LogP contribution in [0.4, 0.5) is 13.2 Å². The second kappa shape index (κ2) is 6.81. The average Bonchev–Trinajstić information content (AvgIpc) is 2.69. The van der Waals surface area contributed by atoms with Crippen LogP contribution >= 0.6 is 15.9 Å². The first-order chi connectivity index (χ1) is 10.6. The van der Waals surface area contributed by atoms with Gasteiger partial charge in [-0.15, -0.1) is 0 Å². The topological polar surface area (TPSA) is 32.3 Å². The van der Waals surface area contributed by atoms with E-state index in [9.17, 15) is 18.0 Å². The third kappa shape index (κ3) is 4.47. The fourth-order valence-electron chi connectivity index (χ4n) is 2.69. The van der Waals surface area contributed by atoms with Crippen LogP contribution < -0.4 is 5.43 Å². The maximum atomic E-state index is 13.4. The Bertz CT molecular complexity index is 575. The van der Waals surface area contributed by atoms with Crippen LogP contribution in [0.3, 0.4) is 0 Å². The largest absolute Gasteiger partial charge is 0.405 e. The van der Waals surface area contributed by atoms with Gasteiger partial charge in [0.2, 0.25) is 5.91 Å². The Kier molecular flexibility index (Phi) is 5.41. The highest BCUT2D eigenvalue weighted by Gasteiger charge is 2.49. The normalized spacial score (nSPS) is 19.7. The molecule has 2 rings (SSSR count). The van der Waals surface area contributed by atoms with E-state index in [1.165, 1.54) is 0 Å². The van der Waals surface area contributed by atoms with Crippen LogP contribution in [0, 0.1) is 5.41 Å². The molecule has 0 bridgehead atoms. The van der Waals surface area contributed by atoms with E-state index in [1.807, 2.05) is 24.3 Å². The van der Waals surface area contributed by atoms with E-state index in [0.29, 0.717) is 12.8 Å². The first kappa shape index (κ1) is 18.3. The van der Waals surface area contributed by atoms with Crippen molar-refractivity contribution in [3.05, 3.63) is 34.3 Å². The molecule has 0 radical (unpaired) electrons. The number of carbonyl (C=O) groups is 1. The summed E-state index contributed by atoms with van der Waals surface area (Å²) < 4.78 is 41.0. The molecule has 1 saturated heterocycles. The fourth-order valence-corrected chi connectivity index (χ4v) is 3.17. The van der Waals surface area contributed by atoms with Gasteiger partial charge in [-0.2, -0.15) is 13.2 Å². The molecule has 128 valence electrons. The minimum absolute atomic E-state index is 0.0544. The standard InChI is InChI=1S/C16H20BrF3N2O/c1-15(2)10-22(21-14(15)23)13(16(18,19)20)9-5-7-11-6-3-4-8-12(11)17/h3-4,6,8,13H,5,7,9-10H2,1-2H3,(H,21,23). The summed E-state index contributed by atoms with van der Waals surface area (Å²) >= 11 is 3.40. The molecule has 0 aromatic heterocycles. The Hall–Kier alpha value is -1.08. The Balaban J connectivity index is 2.01. The first-order valence-electron chi connectivity index (χ1n) is 7.49. The molecule has 1 fully saturated rings. The van der Waals surface area contributed by atoms with Gasteiger partial charge in [-0.3, -0.25) is 10.2 Å². The van der Waals surface area contributed by atoms with Crippen LogP contribution in [0.2, 0.25) is 0 Å². The molecule has 1 amide bonds. The number of nitrogens with one attached hydrogen (secondary N) is 1. The van der Waals surface area contributed by atoms with Crippen molar-refractivity contribution >= 4 is 21.8 Å². The van der Waals surface area contributed by atoms with E-state index in [2.05, 4.69) is 21.4 Å². The van der Waals surface area contributed by atoms with E-state index >= 15 is 0 Å². The van der Waals surface area contributed by atoms with Crippen LogP contribution in [0.15, 0.2) is 28.7 Å². The van der Waals surface area contributed by atoms with Gasteiger partial charge in [0, 0.05) is 11.0 Å². The quantitative estimate of drug-likeness (QED) is 0.818. The summed E-state index contributed by atoms with van der Waals surface area (Å²) in [6, 6.07) is 5.85. The minimum atomic E-state index is -4.37. The maximum Gasteiger partial charge on any atom is 0.405 e. The molecule has 7 heteroatoms. The number of aryl methyl sites for hydroxylation is 1. The number of benzene rings is 1. The summed E-state index contributed by atoms with van der Waals surface area (Å²) in [7, 11) is 0. The monoisotopic (exact) mass is 392 g/mol. The van der Waals surface area contributed by atoms with Crippen molar-refractivity contribution in [1.29, 1.82) is 0 Å². The Morgan fingerprint density at radius 3 is 2.52 bits per heavy atom. The highest BCUT2D eigenvalue weighted by molar-refractivity contribution is 9.10. The number of halogens is 4.